The van der Waals surface area contributed by atoms with Gasteiger partial charge < -0.3 is 11.0 Å². The Morgan fingerprint density at radius 2 is 1.93 bits per heavy atom. The van der Waals surface area contributed by atoms with Gasteiger partial charge in [-0.1, -0.05) is 23.8 Å². The van der Waals surface area contributed by atoms with Crippen LogP contribution in [-0.2, 0) is 10.1 Å². The Kier molecular flexibility index (Phi) is 5.29. The maximum absolute atomic E-state index is 10.9. The largest absolute Gasteiger partial charge is 0.412 e. The summed E-state index contributed by atoms with van der Waals surface area (Å²) in [7, 11) is -3.98. The van der Waals surface area contributed by atoms with Crippen molar-refractivity contribution in [2.75, 3.05) is 0 Å². The van der Waals surface area contributed by atoms with Crippen LogP contribution in [0, 0.1) is 0 Å². The summed E-state index contributed by atoms with van der Waals surface area (Å²) in [4.78, 5) is 0. The molecule has 1 rings (SSSR count). The lowest BCUT2D eigenvalue weighted by molar-refractivity contribution is 0.452. The lowest BCUT2D eigenvalue weighted by Crippen LogP contribution is -2.33. The molecule has 84 valence electrons. The molecule has 1 unspecified atom stereocenters. The molecule has 5 nitrogen and oxygen atoms in total. The van der Waals surface area contributed by atoms with Gasteiger partial charge in [-0.25, -0.2) is 0 Å². The van der Waals surface area contributed by atoms with Crippen molar-refractivity contribution in [3.05, 3.63) is 23.8 Å². The van der Waals surface area contributed by atoms with Crippen LogP contribution < -0.4 is 0 Å². The highest BCUT2D eigenvalue weighted by Gasteiger charge is 2.35. The summed E-state index contributed by atoms with van der Waals surface area (Å²) >= 11 is 0. The molecule has 14 heavy (non-hydrogen) atoms. The summed E-state index contributed by atoms with van der Waals surface area (Å²) < 4.78 is 29.5. The maximum Gasteiger partial charge on any atom is 0.274 e. The van der Waals surface area contributed by atoms with Crippen LogP contribution in [0.5, 0.6) is 0 Å². The Morgan fingerprint density at radius 3 is 2.21 bits per heavy atom. The van der Waals surface area contributed by atoms with Crippen LogP contribution in [0.3, 0.4) is 0 Å². The van der Waals surface area contributed by atoms with Crippen molar-refractivity contribution in [1.29, 1.82) is 0 Å². The first kappa shape index (κ1) is 15.8. The van der Waals surface area contributed by atoms with Crippen LogP contribution in [-0.4, -0.2) is 28.7 Å². The molecule has 0 saturated heterocycles. The fourth-order valence-corrected chi connectivity index (χ4v) is 1.53. The Bertz CT molecular complexity index is 341. The molecule has 0 aromatic carbocycles. The predicted molar refractivity (Wildman–Crippen MR) is 54.7 cm³/mol. The molecule has 6 heteroatoms. The van der Waals surface area contributed by atoms with E-state index in [2.05, 4.69) is 0 Å². The maximum atomic E-state index is 10.9. The van der Waals surface area contributed by atoms with Gasteiger partial charge in [-0.05, 0) is 20.3 Å². The van der Waals surface area contributed by atoms with E-state index in [1.165, 1.54) is 13.0 Å². The zero-order chi connectivity index (χ0) is 9.41. The number of allylic oxidation sites excluding steroid dienone is 3. The third-order valence-electron chi connectivity index (χ3n) is 2.12. The van der Waals surface area contributed by atoms with Crippen LogP contribution >= 0.6 is 0 Å². The molecule has 0 spiro atoms. The normalized spacial score (nSPS) is 25.8. The minimum Gasteiger partial charge on any atom is -0.412 e. The van der Waals surface area contributed by atoms with Crippen LogP contribution in [0.2, 0.25) is 0 Å². The summed E-state index contributed by atoms with van der Waals surface area (Å²) in [6.07, 6.45) is 5.37. The number of rotatable bonds is 1. The third kappa shape index (κ3) is 2.91. The molecule has 0 aliphatic heterocycles. The summed E-state index contributed by atoms with van der Waals surface area (Å²) in [6, 6.07) is 0. The molecule has 5 N–H and O–H groups in total. The molecular weight excluding hydrogens is 208 g/mol. The van der Waals surface area contributed by atoms with E-state index in [4.69, 9.17) is 4.55 Å². The van der Waals surface area contributed by atoms with Crippen LogP contribution in [0.25, 0.3) is 0 Å². The van der Waals surface area contributed by atoms with E-state index >= 15 is 0 Å². The van der Waals surface area contributed by atoms with E-state index in [1.54, 1.807) is 12.2 Å². The first-order valence-corrected chi connectivity index (χ1v) is 5.12. The van der Waals surface area contributed by atoms with Crippen molar-refractivity contribution in [1.82, 2.24) is 0 Å². The van der Waals surface area contributed by atoms with E-state index in [9.17, 15) is 8.42 Å². The van der Waals surface area contributed by atoms with Gasteiger partial charge in [0.1, 0.15) is 4.75 Å². The molecule has 0 aromatic rings. The summed E-state index contributed by atoms with van der Waals surface area (Å²) in [5.74, 6) is 0. The molecule has 0 heterocycles. The minimum atomic E-state index is -3.98. The molecule has 0 saturated carbocycles. The van der Waals surface area contributed by atoms with Gasteiger partial charge in [0, 0.05) is 0 Å². The van der Waals surface area contributed by atoms with Crippen molar-refractivity contribution >= 4 is 10.1 Å². The summed E-state index contributed by atoms with van der Waals surface area (Å²) in [5, 5.41) is 0. The zero-order valence-electron chi connectivity index (χ0n) is 8.11. The molecular formula is C8H16O5S. The smallest absolute Gasteiger partial charge is 0.274 e. The first-order valence-electron chi connectivity index (χ1n) is 3.68. The quantitative estimate of drug-likeness (QED) is 0.626. The van der Waals surface area contributed by atoms with Crippen molar-refractivity contribution in [3.63, 3.8) is 0 Å². The Labute approximate surface area is 83.5 Å². The van der Waals surface area contributed by atoms with Crippen LogP contribution in [0.1, 0.15) is 20.3 Å². The van der Waals surface area contributed by atoms with Crippen molar-refractivity contribution in [3.8, 4) is 0 Å². The van der Waals surface area contributed by atoms with Gasteiger partial charge in [0.15, 0.2) is 0 Å². The SMILES string of the molecule is CC1=CCC(C)(S(=O)(=O)O)C=C1.O.O. The summed E-state index contributed by atoms with van der Waals surface area (Å²) in [6.45, 7) is 3.39. The summed E-state index contributed by atoms with van der Waals surface area (Å²) in [5.41, 5.74) is 1.02. The Hall–Kier alpha value is -0.690. The van der Waals surface area contributed by atoms with E-state index in [1.807, 2.05) is 6.92 Å². The van der Waals surface area contributed by atoms with Gasteiger partial charge in [-0.15, -0.1) is 0 Å². The van der Waals surface area contributed by atoms with Crippen LogP contribution in [0.15, 0.2) is 23.8 Å². The molecule has 1 atom stereocenters. The fourth-order valence-electron chi connectivity index (χ4n) is 0.999. The lowest BCUT2D eigenvalue weighted by Gasteiger charge is -2.23. The number of hydrogen-bond acceptors (Lipinski definition) is 2. The predicted octanol–water partition coefficient (Wildman–Crippen LogP) is -0.110. The molecule has 0 radical (unpaired) electrons. The minimum absolute atomic E-state index is 0. The average molecular weight is 224 g/mol. The Balaban J connectivity index is 0. The fraction of sp³-hybridized carbons (Fsp3) is 0.500. The van der Waals surface area contributed by atoms with Gasteiger partial charge in [-0.2, -0.15) is 8.42 Å². The second kappa shape index (κ2) is 4.70. The Morgan fingerprint density at radius 1 is 1.43 bits per heavy atom. The van der Waals surface area contributed by atoms with Crippen molar-refractivity contribution in [2.45, 2.75) is 25.0 Å². The highest BCUT2D eigenvalue weighted by molar-refractivity contribution is 7.87. The zero-order valence-corrected chi connectivity index (χ0v) is 8.93. The molecule has 0 bridgehead atoms. The van der Waals surface area contributed by atoms with Gasteiger partial charge in [0.05, 0.1) is 0 Å². The average Bonchev–Trinajstić information content (AvgIpc) is 1.93. The lowest BCUT2D eigenvalue weighted by atomic mass is 9.98. The first-order chi connectivity index (χ1) is 5.35. The molecule has 0 amide bonds. The van der Waals surface area contributed by atoms with E-state index in [0.29, 0.717) is 6.42 Å². The van der Waals surface area contributed by atoms with Gasteiger partial charge in [0.2, 0.25) is 0 Å². The molecule has 0 aromatic heterocycles. The topological polar surface area (TPSA) is 117 Å². The standard InChI is InChI=1S/C8H12O3S.2H2O/c1-7-3-5-8(2,6-4-7)12(9,10)11;;/h3-5H,6H2,1-2H3,(H,9,10,11);2*1H2. The second-order valence-corrected chi connectivity index (χ2v) is 5.16. The van der Waals surface area contributed by atoms with Crippen molar-refractivity contribution < 1.29 is 23.9 Å². The van der Waals surface area contributed by atoms with Gasteiger partial charge >= 0.3 is 0 Å². The highest BCUT2D eigenvalue weighted by atomic mass is 32.2. The molecule has 1 aliphatic rings. The van der Waals surface area contributed by atoms with Crippen molar-refractivity contribution in [2.24, 2.45) is 0 Å². The highest BCUT2D eigenvalue weighted by Crippen LogP contribution is 2.27. The van der Waals surface area contributed by atoms with E-state index in [-0.39, 0.29) is 11.0 Å². The second-order valence-electron chi connectivity index (χ2n) is 3.27. The van der Waals surface area contributed by atoms with Gasteiger partial charge in [-0.3, -0.25) is 4.55 Å². The van der Waals surface area contributed by atoms with E-state index < -0.39 is 14.9 Å². The third-order valence-corrected chi connectivity index (χ3v) is 3.60. The van der Waals surface area contributed by atoms with Crippen LogP contribution in [0.4, 0.5) is 0 Å². The molecule has 0 fully saturated rings. The number of hydrogen-bond donors (Lipinski definition) is 1. The van der Waals surface area contributed by atoms with Gasteiger partial charge in [0.25, 0.3) is 10.1 Å². The van der Waals surface area contributed by atoms with E-state index in [0.717, 1.165) is 5.57 Å². The molecule has 1 aliphatic carbocycles. The monoisotopic (exact) mass is 224 g/mol.